The molecule has 1 aromatic carbocycles. The van der Waals surface area contributed by atoms with Crippen molar-refractivity contribution in [3.63, 3.8) is 0 Å². The SMILES string of the molecule is NC(=O)c1nc(C(F)(F)F)cn1-c1ccccc1. The fourth-order valence-electron chi connectivity index (χ4n) is 1.48. The van der Waals surface area contributed by atoms with Gasteiger partial charge in [-0.15, -0.1) is 0 Å². The third-order valence-electron chi connectivity index (χ3n) is 2.25. The minimum Gasteiger partial charge on any atom is -0.363 e. The number of amides is 1. The Kier molecular flexibility index (Phi) is 2.82. The molecule has 0 saturated heterocycles. The number of primary amides is 1. The molecule has 1 amide bonds. The molecule has 2 N–H and O–H groups in total. The second-order valence-electron chi connectivity index (χ2n) is 3.52. The fraction of sp³-hybridized carbons (Fsp3) is 0.0909. The number of carbonyl (C=O) groups is 1. The second kappa shape index (κ2) is 4.17. The molecule has 0 fully saturated rings. The lowest BCUT2D eigenvalue weighted by molar-refractivity contribution is -0.140. The summed E-state index contributed by atoms with van der Waals surface area (Å²) >= 11 is 0. The van der Waals surface area contributed by atoms with E-state index in [2.05, 4.69) is 4.98 Å². The second-order valence-corrected chi connectivity index (χ2v) is 3.52. The molecule has 4 nitrogen and oxygen atoms in total. The van der Waals surface area contributed by atoms with Gasteiger partial charge in [0.15, 0.2) is 5.69 Å². The van der Waals surface area contributed by atoms with Crippen molar-refractivity contribution in [3.05, 3.63) is 48.0 Å². The number of imidazole rings is 1. The van der Waals surface area contributed by atoms with Crippen molar-refractivity contribution in [2.24, 2.45) is 5.73 Å². The molecule has 0 bridgehead atoms. The Hall–Kier alpha value is -2.31. The highest BCUT2D eigenvalue weighted by atomic mass is 19.4. The largest absolute Gasteiger partial charge is 0.434 e. The van der Waals surface area contributed by atoms with Gasteiger partial charge >= 0.3 is 6.18 Å². The molecule has 94 valence electrons. The van der Waals surface area contributed by atoms with Crippen LogP contribution in [0.1, 0.15) is 16.3 Å². The first kappa shape index (κ1) is 12.2. The third kappa shape index (κ3) is 2.20. The molecular formula is C11H8F3N3O. The summed E-state index contributed by atoms with van der Waals surface area (Å²) in [5.74, 6) is -1.47. The predicted octanol–water partition coefficient (Wildman–Crippen LogP) is 1.99. The lowest BCUT2D eigenvalue weighted by Gasteiger charge is -2.04. The Morgan fingerprint density at radius 1 is 1.22 bits per heavy atom. The maximum absolute atomic E-state index is 12.5. The number of nitrogens with zero attached hydrogens (tertiary/aromatic N) is 2. The van der Waals surface area contributed by atoms with Crippen molar-refractivity contribution >= 4 is 5.91 Å². The van der Waals surface area contributed by atoms with E-state index in [1.165, 1.54) is 0 Å². The molecule has 0 spiro atoms. The van der Waals surface area contributed by atoms with Crippen LogP contribution in [0.25, 0.3) is 5.69 Å². The Morgan fingerprint density at radius 3 is 2.33 bits per heavy atom. The van der Waals surface area contributed by atoms with Crippen LogP contribution in [0.4, 0.5) is 13.2 Å². The van der Waals surface area contributed by atoms with Crippen molar-refractivity contribution < 1.29 is 18.0 Å². The molecule has 1 heterocycles. The summed E-state index contributed by atoms with van der Waals surface area (Å²) in [4.78, 5) is 14.3. The van der Waals surface area contributed by atoms with E-state index in [1.54, 1.807) is 30.3 Å². The normalized spacial score (nSPS) is 11.5. The van der Waals surface area contributed by atoms with Gasteiger partial charge in [-0.05, 0) is 12.1 Å². The average molecular weight is 255 g/mol. The van der Waals surface area contributed by atoms with E-state index in [-0.39, 0.29) is 0 Å². The van der Waals surface area contributed by atoms with E-state index in [1.807, 2.05) is 0 Å². The lowest BCUT2D eigenvalue weighted by atomic mass is 10.3. The lowest BCUT2D eigenvalue weighted by Crippen LogP contribution is -2.17. The molecule has 0 aliphatic rings. The number of hydrogen-bond acceptors (Lipinski definition) is 2. The van der Waals surface area contributed by atoms with Crippen LogP contribution in [0.3, 0.4) is 0 Å². The van der Waals surface area contributed by atoms with Gasteiger partial charge in [0.25, 0.3) is 5.91 Å². The number of hydrogen-bond donors (Lipinski definition) is 1. The number of para-hydroxylation sites is 1. The number of nitrogens with two attached hydrogens (primary N) is 1. The maximum Gasteiger partial charge on any atom is 0.434 e. The van der Waals surface area contributed by atoms with Crippen LogP contribution in [0.15, 0.2) is 36.5 Å². The zero-order valence-electron chi connectivity index (χ0n) is 8.98. The molecule has 0 unspecified atom stereocenters. The first-order valence-corrected chi connectivity index (χ1v) is 4.91. The predicted molar refractivity (Wildman–Crippen MR) is 57.1 cm³/mol. The highest BCUT2D eigenvalue weighted by Gasteiger charge is 2.35. The smallest absolute Gasteiger partial charge is 0.363 e. The number of rotatable bonds is 2. The molecule has 7 heteroatoms. The van der Waals surface area contributed by atoms with E-state index in [0.717, 1.165) is 10.8 Å². The maximum atomic E-state index is 12.5. The van der Waals surface area contributed by atoms with Gasteiger partial charge in [-0.1, -0.05) is 18.2 Å². The number of alkyl halides is 3. The van der Waals surface area contributed by atoms with Gasteiger partial charge in [0.1, 0.15) is 0 Å². The molecule has 2 aromatic rings. The van der Waals surface area contributed by atoms with Crippen LogP contribution in [-0.2, 0) is 6.18 Å². The van der Waals surface area contributed by atoms with Gasteiger partial charge in [-0.2, -0.15) is 13.2 Å². The van der Waals surface area contributed by atoms with Gasteiger partial charge in [0.2, 0.25) is 5.82 Å². The molecular weight excluding hydrogens is 247 g/mol. The summed E-state index contributed by atoms with van der Waals surface area (Å²) in [7, 11) is 0. The topological polar surface area (TPSA) is 60.9 Å². The van der Waals surface area contributed by atoms with E-state index in [0.29, 0.717) is 5.69 Å². The summed E-state index contributed by atoms with van der Waals surface area (Å²) in [6.45, 7) is 0. The van der Waals surface area contributed by atoms with Crippen molar-refractivity contribution in [2.45, 2.75) is 6.18 Å². The Bertz CT molecular complexity index is 575. The zero-order chi connectivity index (χ0) is 13.3. The van der Waals surface area contributed by atoms with E-state index >= 15 is 0 Å². The Labute approximate surface area is 99.9 Å². The number of benzene rings is 1. The van der Waals surface area contributed by atoms with Crippen LogP contribution >= 0.6 is 0 Å². The van der Waals surface area contributed by atoms with E-state index < -0.39 is 23.6 Å². The van der Waals surface area contributed by atoms with Gasteiger partial charge in [0, 0.05) is 11.9 Å². The van der Waals surface area contributed by atoms with Crippen molar-refractivity contribution in [1.29, 1.82) is 0 Å². The molecule has 1 aromatic heterocycles. The van der Waals surface area contributed by atoms with Crippen LogP contribution in [0, 0.1) is 0 Å². The van der Waals surface area contributed by atoms with Crippen LogP contribution in [-0.4, -0.2) is 15.5 Å². The summed E-state index contributed by atoms with van der Waals surface area (Å²) < 4.78 is 38.6. The molecule has 0 aliphatic heterocycles. The third-order valence-corrected chi connectivity index (χ3v) is 2.25. The first-order chi connectivity index (χ1) is 8.39. The quantitative estimate of drug-likeness (QED) is 0.892. The standard InChI is InChI=1S/C11H8F3N3O/c12-11(13,14)8-6-17(10(16-8)9(15)18)7-4-2-1-3-5-7/h1-6H,(H2,15,18). The van der Waals surface area contributed by atoms with Gasteiger partial charge in [-0.25, -0.2) is 4.98 Å². The van der Waals surface area contributed by atoms with Crippen LogP contribution in [0.5, 0.6) is 0 Å². The van der Waals surface area contributed by atoms with E-state index in [9.17, 15) is 18.0 Å². The molecule has 0 aliphatic carbocycles. The number of carbonyl (C=O) groups excluding carboxylic acids is 1. The molecule has 0 atom stereocenters. The van der Waals surface area contributed by atoms with Crippen LogP contribution < -0.4 is 5.73 Å². The summed E-state index contributed by atoms with van der Waals surface area (Å²) in [6.07, 6.45) is -3.88. The van der Waals surface area contributed by atoms with E-state index in [4.69, 9.17) is 5.73 Å². The number of aromatic nitrogens is 2. The minimum atomic E-state index is -4.62. The highest BCUT2D eigenvalue weighted by Crippen LogP contribution is 2.29. The fourth-order valence-corrected chi connectivity index (χ4v) is 1.48. The summed E-state index contributed by atoms with van der Waals surface area (Å²) in [6, 6.07) is 8.07. The molecule has 18 heavy (non-hydrogen) atoms. The van der Waals surface area contributed by atoms with Crippen molar-refractivity contribution in [3.8, 4) is 5.69 Å². The summed E-state index contributed by atoms with van der Waals surface area (Å²) in [5, 5.41) is 0. The Balaban J connectivity index is 2.60. The number of halogens is 3. The van der Waals surface area contributed by atoms with Crippen molar-refractivity contribution in [2.75, 3.05) is 0 Å². The van der Waals surface area contributed by atoms with Gasteiger partial charge in [0.05, 0.1) is 0 Å². The summed E-state index contributed by atoms with van der Waals surface area (Å²) in [5.41, 5.74) is 4.25. The monoisotopic (exact) mass is 255 g/mol. The average Bonchev–Trinajstić information content (AvgIpc) is 2.74. The van der Waals surface area contributed by atoms with Crippen molar-refractivity contribution in [1.82, 2.24) is 9.55 Å². The molecule has 0 radical (unpaired) electrons. The van der Waals surface area contributed by atoms with Crippen LogP contribution in [0.2, 0.25) is 0 Å². The molecule has 0 saturated carbocycles. The zero-order valence-corrected chi connectivity index (χ0v) is 8.98. The molecule has 2 rings (SSSR count). The minimum absolute atomic E-state index is 0.384. The van der Waals surface area contributed by atoms with Gasteiger partial charge in [-0.3, -0.25) is 9.36 Å². The first-order valence-electron chi connectivity index (χ1n) is 4.91. The highest BCUT2D eigenvalue weighted by molar-refractivity contribution is 5.90. The van der Waals surface area contributed by atoms with Gasteiger partial charge < -0.3 is 5.73 Å². The Morgan fingerprint density at radius 2 is 1.83 bits per heavy atom.